The molecule has 0 saturated heterocycles. The van der Waals surface area contributed by atoms with Crippen molar-refractivity contribution in [3.05, 3.63) is 29.3 Å². The lowest BCUT2D eigenvalue weighted by atomic mass is 10.1. The summed E-state index contributed by atoms with van der Waals surface area (Å²) in [4.78, 5) is 23.1. The molecule has 0 amide bonds. The van der Waals surface area contributed by atoms with Gasteiger partial charge in [0.2, 0.25) is 0 Å². The molecule has 0 bridgehead atoms. The van der Waals surface area contributed by atoms with E-state index in [0.717, 1.165) is 4.90 Å². The van der Waals surface area contributed by atoms with Gasteiger partial charge in [0.25, 0.3) is 0 Å². The maximum atomic E-state index is 11.1. The Morgan fingerprint density at radius 1 is 1.15 bits per heavy atom. The van der Waals surface area contributed by atoms with Crippen LogP contribution in [0.4, 0.5) is 0 Å². The van der Waals surface area contributed by atoms with Crippen molar-refractivity contribution in [3.8, 4) is 0 Å². The van der Waals surface area contributed by atoms with E-state index in [1.54, 1.807) is 18.2 Å². The molecular weight excluding hydrogens is 188 g/mol. The zero-order valence-corrected chi connectivity index (χ0v) is 7.68. The maximum absolute atomic E-state index is 11.1. The van der Waals surface area contributed by atoms with Crippen molar-refractivity contribution in [3.63, 3.8) is 0 Å². The first-order valence-electron chi connectivity index (χ1n) is 3.67. The van der Waals surface area contributed by atoms with Crippen molar-refractivity contribution in [1.82, 2.24) is 0 Å². The van der Waals surface area contributed by atoms with Crippen molar-refractivity contribution in [2.75, 3.05) is 6.26 Å². The second-order valence-electron chi connectivity index (χ2n) is 2.59. The molecule has 66 valence electrons. The molecule has 0 spiro atoms. The summed E-state index contributed by atoms with van der Waals surface area (Å²) in [7, 11) is 0. The van der Waals surface area contributed by atoms with Crippen molar-refractivity contribution in [1.29, 1.82) is 0 Å². The quantitative estimate of drug-likeness (QED) is 0.388. The highest BCUT2D eigenvalue weighted by molar-refractivity contribution is 7.98. The Balaban J connectivity index is 2.58. The van der Waals surface area contributed by atoms with Gasteiger partial charge in [-0.3, -0.25) is 0 Å². The molecule has 0 aromatic heterocycles. The number of rotatable bonds is 1. The summed E-state index contributed by atoms with van der Waals surface area (Å²) in [6, 6.07) is 5.09. The maximum Gasteiger partial charge on any atom is 0.346 e. The van der Waals surface area contributed by atoms with Gasteiger partial charge >= 0.3 is 11.9 Å². The smallest absolute Gasteiger partial charge is 0.346 e. The van der Waals surface area contributed by atoms with Crippen molar-refractivity contribution in [2.45, 2.75) is 4.90 Å². The first-order chi connectivity index (χ1) is 6.22. The minimum Gasteiger partial charge on any atom is -0.386 e. The molecule has 0 unspecified atom stereocenters. The average molecular weight is 194 g/mol. The van der Waals surface area contributed by atoms with E-state index in [4.69, 9.17) is 0 Å². The molecule has 1 aliphatic heterocycles. The van der Waals surface area contributed by atoms with Crippen LogP contribution in [0.25, 0.3) is 0 Å². The van der Waals surface area contributed by atoms with Gasteiger partial charge in [-0.2, -0.15) is 0 Å². The molecule has 1 aliphatic rings. The first-order valence-corrected chi connectivity index (χ1v) is 4.89. The van der Waals surface area contributed by atoms with Crippen LogP contribution in [0.2, 0.25) is 0 Å². The summed E-state index contributed by atoms with van der Waals surface area (Å²) in [6.45, 7) is 0. The fourth-order valence-electron chi connectivity index (χ4n) is 1.19. The van der Waals surface area contributed by atoms with Crippen molar-refractivity contribution in [2.24, 2.45) is 0 Å². The number of fused-ring (bicyclic) bond motifs is 1. The van der Waals surface area contributed by atoms with E-state index in [1.807, 2.05) is 6.26 Å². The normalized spacial score (nSPS) is 14.2. The Morgan fingerprint density at radius 2 is 1.85 bits per heavy atom. The molecule has 0 aliphatic carbocycles. The van der Waals surface area contributed by atoms with Gasteiger partial charge < -0.3 is 4.74 Å². The Kier molecular flexibility index (Phi) is 1.84. The largest absolute Gasteiger partial charge is 0.386 e. The SMILES string of the molecule is CSc1ccc2c(c1)C(=O)OC2=O. The number of hydrogen-bond acceptors (Lipinski definition) is 4. The van der Waals surface area contributed by atoms with E-state index in [2.05, 4.69) is 4.74 Å². The molecule has 1 aromatic carbocycles. The summed E-state index contributed by atoms with van der Waals surface area (Å²) < 4.78 is 4.44. The summed E-state index contributed by atoms with van der Waals surface area (Å²) >= 11 is 1.52. The van der Waals surface area contributed by atoms with E-state index >= 15 is 0 Å². The van der Waals surface area contributed by atoms with E-state index in [1.165, 1.54) is 11.8 Å². The number of hydrogen-bond donors (Lipinski definition) is 0. The fraction of sp³-hybridized carbons (Fsp3) is 0.111. The van der Waals surface area contributed by atoms with Gasteiger partial charge in [0.15, 0.2) is 0 Å². The van der Waals surface area contributed by atoms with Gasteiger partial charge in [-0.05, 0) is 24.5 Å². The highest BCUT2D eigenvalue weighted by Crippen LogP contribution is 2.24. The number of carbonyl (C=O) groups excluding carboxylic acids is 2. The predicted molar refractivity (Wildman–Crippen MR) is 48.0 cm³/mol. The third-order valence-corrected chi connectivity index (χ3v) is 2.58. The molecule has 4 heteroatoms. The van der Waals surface area contributed by atoms with Gasteiger partial charge in [-0.15, -0.1) is 11.8 Å². The monoisotopic (exact) mass is 194 g/mol. The number of thioether (sulfide) groups is 1. The summed E-state index contributed by atoms with van der Waals surface area (Å²) in [5, 5.41) is 0. The molecule has 0 N–H and O–H groups in total. The van der Waals surface area contributed by atoms with Gasteiger partial charge in [-0.25, -0.2) is 9.59 Å². The fourth-order valence-corrected chi connectivity index (χ4v) is 1.63. The van der Waals surface area contributed by atoms with Gasteiger partial charge in [0, 0.05) is 4.90 Å². The lowest BCUT2D eigenvalue weighted by Crippen LogP contribution is -1.96. The Morgan fingerprint density at radius 3 is 2.54 bits per heavy atom. The molecule has 2 rings (SSSR count). The Labute approximate surface area is 79.1 Å². The van der Waals surface area contributed by atoms with Crippen LogP contribution in [-0.2, 0) is 4.74 Å². The van der Waals surface area contributed by atoms with E-state index in [-0.39, 0.29) is 0 Å². The summed E-state index contributed by atoms with van der Waals surface area (Å²) in [5.74, 6) is -1.09. The number of ether oxygens (including phenoxy) is 1. The Bertz CT molecular complexity index is 398. The van der Waals surface area contributed by atoms with Crippen LogP contribution in [-0.4, -0.2) is 18.2 Å². The average Bonchev–Trinajstić information content (AvgIpc) is 2.42. The third-order valence-electron chi connectivity index (χ3n) is 1.85. The number of esters is 2. The van der Waals surface area contributed by atoms with Crippen molar-refractivity contribution >= 4 is 23.7 Å². The third kappa shape index (κ3) is 1.23. The highest BCUT2D eigenvalue weighted by atomic mass is 32.2. The van der Waals surface area contributed by atoms with Crippen LogP contribution in [0.5, 0.6) is 0 Å². The molecule has 3 nitrogen and oxygen atoms in total. The van der Waals surface area contributed by atoms with Crippen LogP contribution in [0.15, 0.2) is 23.1 Å². The predicted octanol–water partition coefficient (Wildman–Crippen LogP) is 1.72. The highest BCUT2D eigenvalue weighted by Gasteiger charge is 2.29. The van der Waals surface area contributed by atoms with Crippen LogP contribution in [0.1, 0.15) is 20.7 Å². The molecule has 1 heterocycles. The minimum atomic E-state index is -0.548. The number of benzene rings is 1. The molecule has 0 saturated carbocycles. The lowest BCUT2D eigenvalue weighted by Gasteiger charge is -1.96. The second-order valence-corrected chi connectivity index (χ2v) is 3.47. The Hall–Kier alpha value is -1.29. The molecule has 1 aromatic rings. The molecule has 0 radical (unpaired) electrons. The molecule has 0 fully saturated rings. The van der Waals surface area contributed by atoms with Crippen molar-refractivity contribution < 1.29 is 14.3 Å². The molecule has 13 heavy (non-hydrogen) atoms. The number of cyclic esters (lactones) is 2. The summed E-state index contributed by atoms with van der Waals surface area (Å²) in [5.41, 5.74) is 0.736. The zero-order valence-electron chi connectivity index (χ0n) is 6.87. The standard InChI is InChI=1S/C9H6O3S/c1-13-5-2-3-6-7(4-5)9(11)12-8(6)10/h2-4H,1H3. The van der Waals surface area contributed by atoms with Gasteiger partial charge in [0.1, 0.15) is 0 Å². The van der Waals surface area contributed by atoms with Crippen LogP contribution < -0.4 is 0 Å². The van der Waals surface area contributed by atoms with Gasteiger partial charge in [0.05, 0.1) is 11.1 Å². The van der Waals surface area contributed by atoms with Crippen LogP contribution in [0, 0.1) is 0 Å². The second kappa shape index (κ2) is 2.88. The number of carbonyl (C=O) groups is 2. The lowest BCUT2D eigenvalue weighted by molar-refractivity contribution is 0.0444. The van der Waals surface area contributed by atoms with Gasteiger partial charge in [-0.1, -0.05) is 0 Å². The van der Waals surface area contributed by atoms with E-state index in [9.17, 15) is 9.59 Å². The van der Waals surface area contributed by atoms with E-state index < -0.39 is 11.9 Å². The zero-order chi connectivity index (χ0) is 9.42. The molecular formula is C9H6O3S. The first kappa shape index (κ1) is 8.31. The van der Waals surface area contributed by atoms with Crippen LogP contribution in [0.3, 0.4) is 0 Å². The minimum absolute atomic E-state index is 0.364. The van der Waals surface area contributed by atoms with E-state index in [0.29, 0.717) is 11.1 Å². The van der Waals surface area contributed by atoms with Crippen LogP contribution >= 0.6 is 11.8 Å². The summed E-state index contributed by atoms with van der Waals surface area (Å²) in [6.07, 6.45) is 1.91. The molecule has 0 atom stereocenters. The topological polar surface area (TPSA) is 43.4 Å².